The predicted molar refractivity (Wildman–Crippen MR) is 78.7 cm³/mol. The Morgan fingerprint density at radius 2 is 1.89 bits per heavy atom. The third-order valence-electron chi connectivity index (χ3n) is 4.51. The lowest BCUT2D eigenvalue weighted by Crippen LogP contribution is -2.38. The van der Waals surface area contributed by atoms with Crippen molar-refractivity contribution in [3.05, 3.63) is 27.7 Å². The molecule has 1 aliphatic heterocycles. The lowest BCUT2D eigenvalue weighted by Gasteiger charge is -2.37. The van der Waals surface area contributed by atoms with E-state index >= 15 is 0 Å². The summed E-state index contributed by atoms with van der Waals surface area (Å²) >= 11 is 12.4. The maximum atomic E-state index is 6.32. The van der Waals surface area contributed by atoms with Gasteiger partial charge in [-0.15, -0.1) is 0 Å². The van der Waals surface area contributed by atoms with Crippen LogP contribution >= 0.6 is 23.2 Å². The van der Waals surface area contributed by atoms with Crippen molar-refractivity contribution >= 4 is 28.9 Å². The molecule has 98 valence electrons. The summed E-state index contributed by atoms with van der Waals surface area (Å²) in [4.78, 5) is 0. The van der Waals surface area contributed by atoms with Gasteiger partial charge in [0.2, 0.25) is 0 Å². The van der Waals surface area contributed by atoms with Gasteiger partial charge in [-0.2, -0.15) is 0 Å². The summed E-state index contributed by atoms with van der Waals surface area (Å²) in [5, 5.41) is 5.21. The highest BCUT2D eigenvalue weighted by Crippen LogP contribution is 2.41. The van der Waals surface area contributed by atoms with Gasteiger partial charge in [0, 0.05) is 11.1 Å². The zero-order valence-corrected chi connectivity index (χ0v) is 12.2. The SMILES string of the molecule is C[C@@H]1Cc2cc(Cl)cc(Cl)c2NC1C1CCCC1. The molecule has 0 bridgehead atoms. The smallest absolute Gasteiger partial charge is 0.0655 e. The van der Waals surface area contributed by atoms with Crippen LogP contribution < -0.4 is 5.32 Å². The normalized spacial score (nSPS) is 27.9. The molecule has 3 heteroatoms. The number of anilines is 1. The molecule has 2 atom stereocenters. The maximum absolute atomic E-state index is 6.32. The van der Waals surface area contributed by atoms with Crippen LogP contribution in [0.2, 0.25) is 10.0 Å². The van der Waals surface area contributed by atoms with Gasteiger partial charge in [0.05, 0.1) is 10.7 Å². The lowest BCUT2D eigenvalue weighted by atomic mass is 9.81. The summed E-state index contributed by atoms with van der Waals surface area (Å²) in [5.41, 5.74) is 2.39. The van der Waals surface area contributed by atoms with Gasteiger partial charge >= 0.3 is 0 Å². The maximum Gasteiger partial charge on any atom is 0.0655 e. The van der Waals surface area contributed by atoms with Crippen molar-refractivity contribution in [1.29, 1.82) is 0 Å². The number of hydrogen-bond donors (Lipinski definition) is 1. The minimum atomic E-state index is 0.582. The van der Waals surface area contributed by atoms with Crippen LogP contribution in [0.4, 0.5) is 5.69 Å². The van der Waals surface area contributed by atoms with Crippen molar-refractivity contribution in [3.63, 3.8) is 0 Å². The molecule has 0 aromatic heterocycles. The molecule has 1 aromatic rings. The average molecular weight is 284 g/mol. The molecule has 1 saturated carbocycles. The van der Waals surface area contributed by atoms with E-state index < -0.39 is 0 Å². The zero-order valence-electron chi connectivity index (χ0n) is 10.7. The number of hydrogen-bond acceptors (Lipinski definition) is 1. The number of fused-ring (bicyclic) bond motifs is 1. The molecule has 1 heterocycles. The quantitative estimate of drug-likeness (QED) is 0.751. The van der Waals surface area contributed by atoms with Crippen LogP contribution in [-0.2, 0) is 6.42 Å². The van der Waals surface area contributed by atoms with Crippen molar-refractivity contribution in [2.24, 2.45) is 11.8 Å². The predicted octanol–water partition coefficient (Wildman–Crippen LogP) is 5.16. The van der Waals surface area contributed by atoms with E-state index in [4.69, 9.17) is 23.2 Å². The monoisotopic (exact) mass is 283 g/mol. The van der Waals surface area contributed by atoms with Crippen molar-refractivity contribution < 1.29 is 0 Å². The van der Waals surface area contributed by atoms with E-state index in [0.29, 0.717) is 12.0 Å². The molecule has 0 radical (unpaired) electrons. The fourth-order valence-corrected chi connectivity index (χ4v) is 4.22. The first-order valence-corrected chi connectivity index (χ1v) is 7.65. The Balaban J connectivity index is 1.90. The molecule has 1 nitrogen and oxygen atoms in total. The van der Waals surface area contributed by atoms with Crippen molar-refractivity contribution in [3.8, 4) is 0 Å². The Hall–Kier alpha value is -0.400. The fraction of sp³-hybridized carbons (Fsp3) is 0.600. The minimum absolute atomic E-state index is 0.582. The molecule has 2 aliphatic rings. The van der Waals surface area contributed by atoms with E-state index in [9.17, 15) is 0 Å². The molecule has 1 unspecified atom stereocenters. The van der Waals surface area contributed by atoms with E-state index in [1.807, 2.05) is 6.07 Å². The molecule has 1 fully saturated rings. The third kappa shape index (κ3) is 2.23. The Kier molecular flexibility index (Phi) is 3.46. The second kappa shape index (κ2) is 4.94. The fourth-order valence-electron chi connectivity index (χ4n) is 3.63. The van der Waals surface area contributed by atoms with Gasteiger partial charge in [0.15, 0.2) is 0 Å². The molecular formula is C15H19Cl2N. The van der Waals surface area contributed by atoms with E-state index in [1.165, 1.54) is 31.2 Å². The van der Waals surface area contributed by atoms with Crippen molar-refractivity contribution in [1.82, 2.24) is 0 Å². The van der Waals surface area contributed by atoms with Crippen LogP contribution in [-0.4, -0.2) is 6.04 Å². The van der Waals surface area contributed by atoms with Gasteiger partial charge in [0.25, 0.3) is 0 Å². The minimum Gasteiger partial charge on any atom is -0.380 e. The first kappa shape index (κ1) is 12.6. The Labute approximate surface area is 119 Å². The first-order valence-electron chi connectivity index (χ1n) is 6.89. The Bertz CT molecular complexity index is 452. The number of halogens is 2. The Morgan fingerprint density at radius 1 is 1.17 bits per heavy atom. The van der Waals surface area contributed by atoms with Crippen LogP contribution in [0.1, 0.15) is 38.2 Å². The van der Waals surface area contributed by atoms with Crippen LogP contribution in [0, 0.1) is 11.8 Å². The molecule has 1 aromatic carbocycles. The van der Waals surface area contributed by atoms with Gasteiger partial charge in [-0.1, -0.05) is 43.0 Å². The topological polar surface area (TPSA) is 12.0 Å². The van der Waals surface area contributed by atoms with Gasteiger partial charge in [-0.3, -0.25) is 0 Å². The summed E-state index contributed by atoms with van der Waals surface area (Å²) in [6, 6.07) is 4.48. The second-order valence-electron chi connectivity index (χ2n) is 5.82. The van der Waals surface area contributed by atoms with Crippen LogP contribution in [0.5, 0.6) is 0 Å². The molecule has 1 N–H and O–H groups in total. The molecule has 3 rings (SSSR count). The van der Waals surface area contributed by atoms with Crippen molar-refractivity contribution in [2.45, 2.75) is 45.1 Å². The van der Waals surface area contributed by atoms with Crippen LogP contribution in [0.25, 0.3) is 0 Å². The number of benzene rings is 1. The largest absolute Gasteiger partial charge is 0.380 e. The summed E-state index contributed by atoms with van der Waals surface area (Å²) in [6.07, 6.45) is 6.59. The van der Waals surface area contributed by atoms with Gasteiger partial charge in [0.1, 0.15) is 0 Å². The molecule has 0 spiro atoms. The van der Waals surface area contributed by atoms with E-state index in [1.54, 1.807) is 0 Å². The highest BCUT2D eigenvalue weighted by molar-refractivity contribution is 6.36. The highest BCUT2D eigenvalue weighted by atomic mass is 35.5. The van der Waals surface area contributed by atoms with Gasteiger partial charge in [-0.25, -0.2) is 0 Å². The average Bonchev–Trinajstić information content (AvgIpc) is 2.81. The van der Waals surface area contributed by atoms with Crippen LogP contribution in [0.15, 0.2) is 12.1 Å². The summed E-state index contributed by atoms with van der Waals surface area (Å²) < 4.78 is 0. The highest BCUT2D eigenvalue weighted by Gasteiger charge is 2.33. The molecule has 0 amide bonds. The van der Waals surface area contributed by atoms with Crippen molar-refractivity contribution in [2.75, 3.05) is 5.32 Å². The molecule has 0 saturated heterocycles. The summed E-state index contributed by atoms with van der Waals surface area (Å²) in [5.74, 6) is 1.48. The Morgan fingerprint density at radius 3 is 2.61 bits per heavy atom. The zero-order chi connectivity index (χ0) is 12.7. The standard InChI is InChI=1S/C15H19Cl2N/c1-9-6-11-7-12(16)8-13(17)15(11)18-14(9)10-4-2-3-5-10/h7-10,14,18H,2-6H2,1H3/t9-,14?/m1/s1. The van der Waals surface area contributed by atoms with Gasteiger partial charge < -0.3 is 5.32 Å². The lowest BCUT2D eigenvalue weighted by molar-refractivity contribution is 0.341. The number of rotatable bonds is 1. The third-order valence-corrected chi connectivity index (χ3v) is 5.03. The molecular weight excluding hydrogens is 265 g/mol. The van der Waals surface area contributed by atoms with E-state index in [2.05, 4.69) is 18.3 Å². The van der Waals surface area contributed by atoms with Crippen LogP contribution in [0.3, 0.4) is 0 Å². The second-order valence-corrected chi connectivity index (χ2v) is 6.66. The molecule has 1 aliphatic carbocycles. The van der Waals surface area contributed by atoms with Gasteiger partial charge in [-0.05, 0) is 48.8 Å². The van der Waals surface area contributed by atoms with E-state index in [-0.39, 0.29) is 0 Å². The number of nitrogens with one attached hydrogen (secondary N) is 1. The molecule has 18 heavy (non-hydrogen) atoms. The summed E-state index contributed by atoms with van der Waals surface area (Å²) in [6.45, 7) is 2.34. The van der Waals surface area contributed by atoms with E-state index in [0.717, 1.165) is 28.1 Å². The first-order chi connectivity index (χ1) is 8.65. The summed E-state index contributed by atoms with van der Waals surface area (Å²) in [7, 11) is 0.